The quantitative estimate of drug-likeness (QED) is 0.609. The second-order valence-electron chi connectivity index (χ2n) is 6.69. The summed E-state index contributed by atoms with van der Waals surface area (Å²) in [6, 6.07) is 4.95. The smallest absolute Gasteiger partial charge is 0.292 e. The van der Waals surface area contributed by atoms with Gasteiger partial charge in [-0.3, -0.25) is 9.36 Å². The molecule has 0 aliphatic carbocycles. The summed E-state index contributed by atoms with van der Waals surface area (Å²) in [5, 5.41) is 4.40. The molecule has 1 aromatic carbocycles. The Hall–Kier alpha value is -2.28. The molecule has 0 amide bonds. The van der Waals surface area contributed by atoms with Gasteiger partial charge >= 0.3 is 6.18 Å². The average Bonchev–Trinajstić information content (AvgIpc) is 2.93. The van der Waals surface area contributed by atoms with E-state index < -0.39 is 11.7 Å². The number of aryl methyl sites for hydroxylation is 1. The third-order valence-corrected chi connectivity index (χ3v) is 5.20. The first-order chi connectivity index (χ1) is 12.6. The zero-order valence-electron chi connectivity index (χ0n) is 15.4. The SMILES string of the molecule is CCC(C)c1cc(C)n2nc(-c3ccc(C(F)(F)F)cc3Cl)n(C)c(=O)c12. The van der Waals surface area contributed by atoms with Gasteiger partial charge in [-0.15, -0.1) is 5.10 Å². The lowest BCUT2D eigenvalue weighted by molar-refractivity contribution is -0.137. The van der Waals surface area contributed by atoms with Crippen LogP contribution in [0.5, 0.6) is 0 Å². The molecule has 0 radical (unpaired) electrons. The van der Waals surface area contributed by atoms with Gasteiger partial charge in [0.15, 0.2) is 5.82 Å². The monoisotopic (exact) mass is 397 g/mol. The molecule has 3 rings (SSSR count). The fraction of sp³-hybridized carbons (Fsp3) is 0.368. The Kier molecular flexibility index (Phi) is 4.84. The Morgan fingerprint density at radius 2 is 1.93 bits per heavy atom. The number of benzene rings is 1. The molecule has 27 heavy (non-hydrogen) atoms. The summed E-state index contributed by atoms with van der Waals surface area (Å²) in [4.78, 5) is 13.0. The van der Waals surface area contributed by atoms with Crippen molar-refractivity contribution in [1.82, 2.24) is 14.2 Å². The molecule has 0 saturated carbocycles. The maximum Gasteiger partial charge on any atom is 0.416 e. The molecule has 0 fully saturated rings. The van der Waals surface area contributed by atoms with Gasteiger partial charge in [-0.1, -0.05) is 25.4 Å². The van der Waals surface area contributed by atoms with Gasteiger partial charge in [-0.25, -0.2) is 4.52 Å². The van der Waals surface area contributed by atoms with Gasteiger partial charge < -0.3 is 0 Å². The summed E-state index contributed by atoms with van der Waals surface area (Å²) in [6.07, 6.45) is -3.62. The second-order valence-corrected chi connectivity index (χ2v) is 7.10. The molecule has 3 aromatic rings. The van der Waals surface area contributed by atoms with Gasteiger partial charge in [0.1, 0.15) is 5.52 Å². The van der Waals surface area contributed by atoms with Crippen LogP contribution in [0.15, 0.2) is 29.1 Å². The minimum Gasteiger partial charge on any atom is -0.292 e. The highest BCUT2D eigenvalue weighted by Crippen LogP contribution is 2.35. The summed E-state index contributed by atoms with van der Waals surface area (Å²) >= 11 is 6.10. The van der Waals surface area contributed by atoms with Crippen molar-refractivity contribution in [1.29, 1.82) is 0 Å². The van der Waals surface area contributed by atoms with Gasteiger partial charge in [0.25, 0.3) is 5.56 Å². The van der Waals surface area contributed by atoms with Crippen LogP contribution in [0.1, 0.15) is 43.0 Å². The van der Waals surface area contributed by atoms with Crippen LogP contribution >= 0.6 is 11.6 Å². The maximum atomic E-state index is 13.0. The molecule has 1 atom stereocenters. The Labute approximate surface area is 159 Å². The van der Waals surface area contributed by atoms with Crippen LogP contribution in [0.2, 0.25) is 5.02 Å². The van der Waals surface area contributed by atoms with Crippen molar-refractivity contribution >= 4 is 17.1 Å². The van der Waals surface area contributed by atoms with E-state index in [1.165, 1.54) is 10.6 Å². The minimum absolute atomic E-state index is 0.112. The van der Waals surface area contributed by atoms with E-state index in [0.29, 0.717) is 5.52 Å². The summed E-state index contributed by atoms with van der Waals surface area (Å²) < 4.78 is 41.5. The van der Waals surface area contributed by atoms with Gasteiger partial charge in [0.2, 0.25) is 0 Å². The van der Waals surface area contributed by atoms with Gasteiger partial charge in [0.05, 0.1) is 10.6 Å². The summed E-state index contributed by atoms with van der Waals surface area (Å²) in [5.41, 5.74) is 1.33. The molecule has 1 unspecified atom stereocenters. The molecule has 4 nitrogen and oxygen atoms in total. The molecule has 0 aliphatic rings. The zero-order chi connectivity index (χ0) is 20.1. The molecule has 0 N–H and O–H groups in total. The number of halogens is 4. The zero-order valence-corrected chi connectivity index (χ0v) is 16.1. The molecule has 0 aliphatic heterocycles. The molecular formula is C19H19ClF3N3O. The molecule has 2 heterocycles. The van der Waals surface area contributed by atoms with Crippen molar-refractivity contribution in [3.05, 3.63) is 56.5 Å². The molecule has 144 valence electrons. The molecule has 0 spiro atoms. The number of aromatic nitrogens is 3. The van der Waals surface area contributed by atoms with Crippen LogP contribution in [0.4, 0.5) is 13.2 Å². The highest BCUT2D eigenvalue weighted by molar-refractivity contribution is 6.33. The van der Waals surface area contributed by atoms with Crippen LogP contribution in [-0.2, 0) is 13.2 Å². The number of nitrogens with zero attached hydrogens (tertiary/aromatic N) is 3. The van der Waals surface area contributed by atoms with E-state index in [9.17, 15) is 18.0 Å². The molecule has 8 heteroatoms. The van der Waals surface area contributed by atoms with Crippen LogP contribution in [0.25, 0.3) is 16.9 Å². The number of rotatable bonds is 3. The predicted octanol–water partition coefficient (Wildman–Crippen LogP) is 5.19. The summed E-state index contributed by atoms with van der Waals surface area (Å²) in [7, 11) is 1.54. The lowest BCUT2D eigenvalue weighted by Gasteiger charge is -2.14. The maximum absolute atomic E-state index is 13.0. The van der Waals surface area contributed by atoms with E-state index in [-0.39, 0.29) is 27.9 Å². The number of fused-ring (bicyclic) bond motifs is 1. The van der Waals surface area contributed by atoms with E-state index in [1.54, 1.807) is 11.6 Å². The van der Waals surface area contributed by atoms with Crippen molar-refractivity contribution in [3.63, 3.8) is 0 Å². The van der Waals surface area contributed by atoms with Gasteiger partial charge in [-0.2, -0.15) is 13.2 Å². The molecule has 2 aromatic heterocycles. The van der Waals surface area contributed by atoms with Crippen LogP contribution < -0.4 is 5.56 Å². The van der Waals surface area contributed by atoms with E-state index in [0.717, 1.165) is 29.8 Å². The Morgan fingerprint density at radius 3 is 2.48 bits per heavy atom. The van der Waals surface area contributed by atoms with Crippen molar-refractivity contribution < 1.29 is 13.2 Å². The Bertz CT molecular complexity index is 1080. The normalized spacial score (nSPS) is 13.3. The Balaban J connectivity index is 2.27. The lowest BCUT2D eigenvalue weighted by Crippen LogP contribution is -2.24. The van der Waals surface area contributed by atoms with E-state index in [4.69, 9.17) is 11.6 Å². The first kappa shape index (κ1) is 19.5. The molecule has 0 saturated heterocycles. The second kappa shape index (κ2) is 6.71. The third-order valence-electron chi connectivity index (χ3n) is 4.88. The van der Waals surface area contributed by atoms with Crippen molar-refractivity contribution in [3.8, 4) is 11.4 Å². The van der Waals surface area contributed by atoms with Crippen LogP contribution in [0, 0.1) is 6.92 Å². The highest BCUT2D eigenvalue weighted by Gasteiger charge is 2.31. The third kappa shape index (κ3) is 3.25. The lowest BCUT2D eigenvalue weighted by atomic mass is 10.00. The van der Waals surface area contributed by atoms with Crippen LogP contribution in [-0.4, -0.2) is 14.2 Å². The summed E-state index contributed by atoms with van der Waals surface area (Å²) in [6.45, 7) is 5.91. The number of hydrogen-bond donors (Lipinski definition) is 0. The predicted molar refractivity (Wildman–Crippen MR) is 99.3 cm³/mol. The average molecular weight is 398 g/mol. The van der Waals surface area contributed by atoms with E-state index in [2.05, 4.69) is 5.10 Å². The van der Waals surface area contributed by atoms with Gasteiger partial charge in [-0.05, 0) is 49.1 Å². The standard InChI is InChI=1S/C19H19ClF3N3O/c1-5-10(2)14-8-11(3)26-16(14)18(27)25(4)17(24-26)13-7-6-12(9-15(13)20)19(21,22)23/h6-10H,5H2,1-4H3. The summed E-state index contributed by atoms with van der Waals surface area (Å²) in [5.74, 6) is 0.393. The topological polar surface area (TPSA) is 39.3 Å². The Morgan fingerprint density at radius 1 is 1.26 bits per heavy atom. The molecular weight excluding hydrogens is 379 g/mol. The van der Waals surface area contributed by atoms with Crippen molar-refractivity contribution in [2.45, 2.75) is 39.3 Å². The highest BCUT2D eigenvalue weighted by atomic mass is 35.5. The largest absolute Gasteiger partial charge is 0.416 e. The van der Waals surface area contributed by atoms with E-state index >= 15 is 0 Å². The van der Waals surface area contributed by atoms with Crippen molar-refractivity contribution in [2.75, 3.05) is 0 Å². The van der Waals surface area contributed by atoms with E-state index in [1.807, 2.05) is 26.8 Å². The van der Waals surface area contributed by atoms with Crippen LogP contribution in [0.3, 0.4) is 0 Å². The fourth-order valence-corrected chi connectivity index (χ4v) is 3.38. The number of hydrogen-bond acceptors (Lipinski definition) is 2. The first-order valence-electron chi connectivity index (χ1n) is 8.52. The minimum atomic E-state index is -4.49. The number of alkyl halides is 3. The van der Waals surface area contributed by atoms with Gasteiger partial charge in [0, 0.05) is 18.3 Å². The fourth-order valence-electron chi connectivity index (χ4n) is 3.12. The first-order valence-corrected chi connectivity index (χ1v) is 8.90. The molecule has 0 bridgehead atoms. The van der Waals surface area contributed by atoms with Crippen molar-refractivity contribution in [2.24, 2.45) is 7.05 Å².